The zero-order chi connectivity index (χ0) is 9.65. The number of hydrogen-bond donors (Lipinski definition) is 0. The molecule has 0 N–H and O–H groups in total. The first-order chi connectivity index (χ1) is 4.85. The molecule has 0 saturated carbocycles. The largest absolute Gasteiger partial charge is 0.448 e. The Hall–Kier alpha value is -0.940. The van der Waals surface area contributed by atoms with Crippen LogP contribution in [0.15, 0.2) is 25.1 Å². The van der Waals surface area contributed by atoms with Crippen molar-refractivity contribution in [3.63, 3.8) is 0 Å². The summed E-state index contributed by atoms with van der Waals surface area (Å²) in [5, 5.41) is 0. The maximum atomic E-state index is 11.0. The Morgan fingerprint density at radius 3 is 1.18 bits per heavy atom. The van der Waals surface area contributed by atoms with Crippen LogP contribution in [-0.4, -0.2) is 6.18 Å². The summed E-state index contributed by atoms with van der Waals surface area (Å²) < 4.78 is 64.8. The molecule has 0 rings (SSSR count). The molecule has 6 heteroatoms. The molecule has 0 aromatic rings. The van der Waals surface area contributed by atoms with Gasteiger partial charge in [-0.25, -0.2) is 0 Å². The van der Waals surface area contributed by atoms with Gasteiger partial charge in [-0.1, -0.05) is 0 Å². The Kier molecular flexibility index (Phi) is 5.56. The van der Waals surface area contributed by atoms with E-state index in [9.17, 15) is 26.3 Å². The van der Waals surface area contributed by atoms with Crippen LogP contribution in [0, 0.1) is 0 Å². The maximum absolute atomic E-state index is 11.0. The van der Waals surface area contributed by atoms with Crippen molar-refractivity contribution in [3.05, 3.63) is 25.1 Å². The lowest BCUT2D eigenvalue weighted by Gasteiger charge is -1.98. The Morgan fingerprint density at radius 1 is 0.909 bits per heavy atom. The highest BCUT2D eigenvalue weighted by atomic mass is 19.4. The normalized spacial score (nSPS) is 9.64. The molecule has 66 valence electrons. The lowest BCUT2D eigenvalue weighted by molar-refractivity contribution is -0.113. The fraction of sp³-hybridized carbons (Fsp3) is 0.200. The topological polar surface area (TPSA) is 0 Å². The van der Waals surface area contributed by atoms with Gasteiger partial charge in [-0.2, -0.15) is 26.3 Å². The molecule has 11 heavy (non-hydrogen) atoms. The van der Waals surface area contributed by atoms with Crippen LogP contribution in [0.3, 0.4) is 0 Å². The lowest BCUT2D eigenvalue weighted by atomic mass is 10.6. The minimum atomic E-state index is -5.56. The molecule has 0 saturated heterocycles. The third kappa shape index (κ3) is 5.50. The molecule has 0 radical (unpaired) electrons. The van der Waals surface area contributed by atoms with E-state index < -0.39 is 18.1 Å². The first-order valence-electron chi connectivity index (χ1n) is 2.13. The number of halogens is 6. The van der Waals surface area contributed by atoms with Gasteiger partial charge in [0.25, 0.3) is 5.83 Å². The van der Waals surface area contributed by atoms with Gasteiger partial charge in [0.1, 0.15) is 0 Å². The first kappa shape index (κ1) is 12.7. The predicted molar refractivity (Wildman–Crippen MR) is 27.7 cm³/mol. The van der Waals surface area contributed by atoms with Crippen molar-refractivity contribution < 1.29 is 26.3 Å². The Labute approximate surface area is 58.8 Å². The molecule has 0 amide bonds. The van der Waals surface area contributed by atoms with Crippen molar-refractivity contribution in [3.8, 4) is 0 Å². The van der Waals surface area contributed by atoms with Crippen LogP contribution in [-0.2, 0) is 0 Å². The summed E-state index contributed by atoms with van der Waals surface area (Å²) >= 11 is 0. The van der Waals surface area contributed by atoms with E-state index in [1.807, 2.05) is 0 Å². The van der Waals surface area contributed by atoms with Gasteiger partial charge in [0.2, 0.25) is 0 Å². The zero-order valence-corrected chi connectivity index (χ0v) is 5.18. The van der Waals surface area contributed by atoms with Crippen molar-refractivity contribution in [2.24, 2.45) is 0 Å². The summed E-state index contributed by atoms with van der Waals surface area (Å²) in [5.74, 6) is -3.33. The second-order valence-corrected chi connectivity index (χ2v) is 1.07. The molecule has 0 aliphatic rings. The number of allylic oxidation sites excluding steroid dienone is 1. The molecule has 0 spiro atoms. The van der Waals surface area contributed by atoms with Gasteiger partial charge in [0.05, 0.1) is 0 Å². The van der Waals surface area contributed by atoms with E-state index in [2.05, 4.69) is 13.2 Å². The highest BCUT2D eigenvalue weighted by Crippen LogP contribution is 2.29. The monoisotopic (exact) mass is 178 g/mol. The van der Waals surface area contributed by atoms with Gasteiger partial charge in [0, 0.05) is 0 Å². The third-order valence-corrected chi connectivity index (χ3v) is 0.415. The second-order valence-electron chi connectivity index (χ2n) is 1.07. The van der Waals surface area contributed by atoms with Gasteiger partial charge < -0.3 is 0 Å². The maximum Gasteiger partial charge on any atom is 0.448 e. The summed E-state index contributed by atoms with van der Waals surface area (Å²) in [5.41, 5.74) is 0. The standard InChI is InChI=1S/C3F6.C2H4/c4-1(2(5)6)3(7,8)9;1-2/h;1-2H2. The SMILES string of the molecule is C=C.FC(F)=C(F)C(F)(F)F. The Bertz CT molecular complexity index is 140. The highest BCUT2D eigenvalue weighted by molar-refractivity contribution is 4.98. The fourth-order valence-corrected chi connectivity index (χ4v) is 0.107. The van der Waals surface area contributed by atoms with Gasteiger partial charge >= 0.3 is 12.3 Å². The average molecular weight is 178 g/mol. The van der Waals surface area contributed by atoms with Crippen LogP contribution in [0.2, 0.25) is 0 Å². The lowest BCUT2D eigenvalue weighted by Crippen LogP contribution is -2.08. The van der Waals surface area contributed by atoms with Crippen molar-refractivity contribution in [2.75, 3.05) is 0 Å². The predicted octanol–water partition coefficient (Wildman–Crippen LogP) is 3.43. The summed E-state index contributed by atoms with van der Waals surface area (Å²) in [6, 6.07) is 0. The van der Waals surface area contributed by atoms with E-state index in [4.69, 9.17) is 0 Å². The number of alkyl halides is 3. The Morgan fingerprint density at radius 2 is 1.18 bits per heavy atom. The summed E-state index contributed by atoms with van der Waals surface area (Å²) in [7, 11) is 0. The molecule has 0 aromatic carbocycles. The van der Waals surface area contributed by atoms with Crippen molar-refractivity contribution in [1.29, 1.82) is 0 Å². The van der Waals surface area contributed by atoms with Crippen molar-refractivity contribution >= 4 is 0 Å². The molecule has 0 aliphatic carbocycles. The van der Waals surface area contributed by atoms with Crippen LogP contribution in [0.4, 0.5) is 26.3 Å². The minimum Gasteiger partial charge on any atom is -0.196 e. The third-order valence-electron chi connectivity index (χ3n) is 0.415. The number of hydrogen-bond acceptors (Lipinski definition) is 0. The van der Waals surface area contributed by atoms with E-state index in [1.165, 1.54) is 0 Å². The molecule has 0 aliphatic heterocycles. The molecular formula is C5H4F6. The van der Waals surface area contributed by atoms with E-state index in [-0.39, 0.29) is 0 Å². The van der Waals surface area contributed by atoms with E-state index in [0.29, 0.717) is 0 Å². The van der Waals surface area contributed by atoms with Gasteiger partial charge in [-0.3, -0.25) is 0 Å². The van der Waals surface area contributed by atoms with Crippen LogP contribution in [0.25, 0.3) is 0 Å². The van der Waals surface area contributed by atoms with E-state index in [0.717, 1.165) is 0 Å². The molecule has 0 bridgehead atoms. The molecule has 0 nitrogen and oxygen atoms in total. The van der Waals surface area contributed by atoms with E-state index >= 15 is 0 Å². The summed E-state index contributed by atoms with van der Waals surface area (Å²) in [4.78, 5) is 0. The molecule has 0 atom stereocenters. The fourth-order valence-electron chi connectivity index (χ4n) is 0.107. The summed E-state index contributed by atoms with van der Waals surface area (Å²) in [6.45, 7) is 6.00. The average Bonchev–Trinajstić information content (AvgIpc) is 1.89. The van der Waals surface area contributed by atoms with Gasteiger partial charge in [0.15, 0.2) is 0 Å². The molecule has 0 aromatic heterocycles. The zero-order valence-electron chi connectivity index (χ0n) is 5.18. The van der Waals surface area contributed by atoms with Gasteiger partial charge in [-0.15, -0.1) is 13.2 Å². The van der Waals surface area contributed by atoms with Crippen molar-refractivity contribution in [2.45, 2.75) is 6.18 Å². The smallest absolute Gasteiger partial charge is 0.196 e. The quantitative estimate of drug-likeness (QED) is 0.393. The van der Waals surface area contributed by atoms with Gasteiger partial charge in [-0.05, 0) is 0 Å². The molecular weight excluding hydrogens is 174 g/mol. The van der Waals surface area contributed by atoms with Crippen LogP contribution in [0.5, 0.6) is 0 Å². The van der Waals surface area contributed by atoms with Crippen molar-refractivity contribution in [1.82, 2.24) is 0 Å². The van der Waals surface area contributed by atoms with E-state index in [1.54, 1.807) is 0 Å². The number of rotatable bonds is 0. The molecule has 0 unspecified atom stereocenters. The Balaban J connectivity index is 0. The second kappa shape index (κ2) is 4.81. The van der Waals surface area contributed by atoms with Crippen LogP contribution in [0.1, 0.15) is 0 Å². The first-order valence-corrected chi connectivity index (χ1v) is 2.13. The molecule has 0 fully saturated rings. The van der Waals surface area contributed by atoms with Crippen LogP contribution < -0.4 is 0 Å². The highest BCUT2D eigenvalue weighted by Gasteiger charge is 2.38. The minimum absolute atomic E-state index is 3.00. The van der Waals surface area contributed by atoms with Crippen LogP contribution >= 0.6 is 0 Å². The summed E-state index contributed by atoms with van der Waals surface area (Å²) in [6.07, 6.45) is -8.90. The molecule has 0 heterocycles.